The van der Waals surface area contributed by atoms with E-state index < -0.39 is 11.9 Å². The molecule has 1 amide bonds. The molecule has 12 heavy (non-hydrogen) atoms. The molecule has 0 heterocycles. The Morgan fingerprint density at radius 3 is 2.67 bits per heavy atom. The minimum absolute atomic E-state index is 0.133. The van der Waals surface area contributed by atoms with Gasteiger partial charge in [-0.05, 0) is 12.5 Å². The SMILES string of the molecule is NNC(=O)C1=CC(C(=O)O)=CC1. The molecule has 0 unspecified atom stereocenters. The molecule has 1 rings (SSSR count). The fourth-order valence-corrected chi connectivity index (χ4v) is 0.925. The summed E-state index contributed by atoms with van der Waals surface area (Å²) < 4.78 is 0. The summed E-state index contributed by atoms with van der Waals surface area (Å²) in [7, 11) is 0. The van der Waals surface area contributed by atoms with Gasteiger partial charge in [0.25, 0.3) is 5.91 Å². The van der Waals surface area contributed by atoms with Gasteiger partial charge >= 0.3 is 5.97 Å². The van der Waals surface area contributed by atoms with Crippen LogP contribution in [0.5, 0.6) is 0 Å². The maximum Gasteiger partial charge on any atom is 0.335 e. The van der Waals surface area contributed by atoms with Crippen LogP contribution in [0.15, 0.2) is 23.3 Å². The number of carbonyl (C=O) groups excluding carboxylic acids is 1. The number of carboxylic acids is 1. The molecule has 0 atom stereocenters. The molecule has 0 aromatic carbocycles. The van der Waals surface area contributed by atoms with Crippen molar-refractivity contribution in [2.45, 2.75) is 6.42 Å². The summed E-state index contributed by atoms with van der Waals surface area (Å²) in [5, 5.41) is 8.51. The van der Waals surface area contributed by atoms with Crippen LogP contribution in [0, 0.1) is 0 Å². The van der Waals surface area contributed by atoms with Crippen molar-refractivity contribution in [3.05, 3.63) is 23.3 Å². The van der Waals surface area contributed by atoms with Crippen LogP contribution in [0.25, 0.3) is 0 Å². The average Bonchev–Trinajstić information content (AvgIpc) is 2.51. The van der Waals surface area contributed by atoms with Gasteiger partial charge in [0.2, 0.25) is 0 Å². The van der Waals surface area contributed by atoms with Gasteiger partial charge in [-0.25, -0.2) is 10.6 Å². The van der Waals surface area contributed by atoms with Gasteiger partial charge in [-0.15, -0.1) is 0 Å². The molecule has 1 aliphatic rings. The number of hydrazine groups is 1. The zero-order valence-electron chi connectivity index (χ0n) is 6.20. The zero-order valence-corrected chi connectivity index (χ0v) is 6.20. The molecule has 0 aliphatic heterocycles. The van der Waals surface area contributed by atoms with Gasteiger partial charge in [0.15, 0.2) is 0 Å². The highest BCUT2D eigenvalue weighted by Crippen LogP contribution is 2.17. The highest BCUT2D eigenvalue weighted by Gasteiger charge is 2.16. The van der Waals surface area contributed by atoms with Gasteiger partial charge in [0, 0.05) is 5.57 Å². The van der Waals surface area contributed by atoms with Gasteiger partial charge in [-0.3, -0.25) is 10.2 Å². The molecule has 64 valence electrons. The molecule has 0 spiro atoms. The largest absolute Gasteiger partial charge is 0.478 e. The number of aliphatic carboxylic acids is 1. The Morgan fingerprint density at radius 1 is 1.58 bits per heavy atom. The molecule has 0 radical (unpaired) electrons. The molecule has 0 aromatic rings. The molecular formula is C7H8N2O3. The Bertz CT molecular complexity index is 291. The van der Waals surface area contributed by atoms with Crippen molar-refractivity contribution in [1.29, 1.82) is 0 Å². The minimum Gasteiger partial charge on any atom is -0.478 e. The molecule has 0 fully saturated rings. The first-order valence-electron chi connectivity index (χ1n) is 3.30. The summed E-state index contributed by atoms with van der Waals surface area (Å²) in [4.78, 5) is 21.2. The molecule has 0 saturated heterocycles. The predicted molar refractivity (Wildman–Crippen MR) is 40.7 cm³/mol. The van der Waals surface area contributed by atoms with Gasteiger partial charge in [0.1, 0.15) is 0 Å². The van der Waals surface area contributed by atoms with E-state index in [0.717, 1.165) is 0 Å². The predicted octanol–water partition coefficient (Wildman–Crippen LogP) is -0.683. The van der Waals surface area contributed by atoms with Crippen molar-refractivity contribution in [2.75, 3.05) is 0 Å². The van der Waals surface area contributed by atoms with Crippen LogP contribution >= 0.6 is 0 Å². The first kappa shape index (κ1) is 8.48. The normalized spacial score (nSPS) is 15.1. The van der Waals surface area contributed by atoms with Crippen molar-refractivity contribution < 1.29 is 14.7 Å². The van der Waals surface area contributed by atoms with E-state index in [-0.39, 0.29) is 5.57 Å². The maximum atomic E-state index is 10.9. The fourth-order valence-electron chi connectivity index (χ4n) is 0.925. The fraction of sp³-hybridized carbons (Fsp3) is 0.143. The summed E-state index contributed by atoms with van der Waals surface area (Å²) in [5.41, 5.74) is 2.44. The van der Waals surface area contributed by atoms with Crippen molar-refractivity contribution >= 4 is 11.9 Å². The maximum absolute atomic E-state index is 10.9. The highest BCUT2D eigenvalue weighted by atomic mass is 16.4. The topological polar surface area (TPSA) is 92.4 Å². The van der Waals surface area contributed by atoms with Crippen molar-refractivity contribution in [1.82, 2.24) is 5.43 Å². The third kappa shape index (κ3) is 1.51. The lowest BCUT2D eigenvalue weighted by molar-refractivity contribution is -0.132. The van der Waals surface area contributed by atoms with Crippen molar-refractivity contribution in [3.8, 4) is 0 Å². The lowest BCUT2D eigenvalue weighted by Crippen LogP contribution is -2.30. The summed E-state index contributed by atoms with van der Waals surface area (Å²) in [6.07, 6.45) is 3.10. The Kier molecular flexibility index (Phi) is 2.25. The summed E-state index contributed by atoms with van der Waals surface area (Å²) >= 11 is 0. The van der Waals surface area contributed by atoms with Crippen LogP contribution in [0.3, 0.4) is 0 Å². The number of nitrogens with one attached hydrogen (secondary N) is 1. The number of allylic oxidation sites excluding steroid dienone is 1. The summed E-state index contributed by atoms with van der Waals surface area (Å²) in [5.74, 6) is 3.39. The van der Waals surface area contributed by atoms with E-state index in [1.807, 2.05) is 5.43 Å². The van der Waals surface area contributed by atoms with Gasteiger partial charge < -0.3 is 5.11 Å². The molecule has 0 bridgehead atoms. The van der Waals surface area contributed by atoms with E-state index in [4.69, 9.17) is 10.9 Å². The van der Waals surface area contributed by atoms with E-state index >= 15 is 0 Å². The number of hydrogen-bond acceptors (Lipinski definition) is 3. The molecule has 0 saturated carbocycles. The van der Waals surface area contributed by atoms with Gasteiger partial charge in [-0.2, -0.15) is 0 Å². The number of rotatable bonds is 2. The Labute approximate surface area is 68.5 Å². The van der Waals surface area contributed by atoms with Crippen LogP contribution in [0.4, 0.5) is 0 Å². The smallest absolute Gasteiger partial charge is 0.335 e. The second-order valence-electron chi connectivity index (χ2n) is 2.31. The van der Waals surface area contributed by atoms with Crippen molar-refractivity contribution in [3.63, 3.8) is 0 Å². The minimum atomic E-state index is -1.03. The van der Waals surface area contributed by atoms with Crippen LogP contribution < -0.4 is 11.3 Å². The van der Waals surface area contributed by atoms with Crippen LogP contribution in [0.2, 0.25) is 0 Å². The first-order valence-corrected chi connectivity index (χ1v) is 3.30. The Hall–Kier alpha value is -1.62. The molecular weight excluding hydrogens is 160 g/mol. The summed E-state index contributed by atoms with van der Waals surface area (Å²) in [6.45, 7) is 0. The number of amides is 1. The number of hydrogen-bond donors (Lipinski definition) is 3. The second-order valence-corrected chi connectivity index (χ2v) is 2.31. The van der Waals surface area contributed by atoms with Gasteiger partial charge in [0.05, 0.1) is 5.57 Å². The quantitative estimate of drug-likeness (QED) is 0.289. The first-order chi connectivity index (χ1) is 5.65. The molecule has 1 aliphatic carbocycles. The van der Waals surface area contributed by atoms with Crippen molar-refractivity contribution in [2.24, 2.45) is 5.84 Å². The summed E-state index contributed by atoms with van der Waals surface area (Å²) in [6, 6.07) is 0. The van der Waals surface area contributed by atoms with Gasteiger partial charge in [-0.1, -0.05) is 6.08 Å². The Morgan fingerprint density at radius 2 is 2.25 bits per heavy atom. The van der Waals surface area contributed by atoms with E-state index in [0.29, 0.717) is 12.0 Å². The highest BCUT2D eigenvalue weighted by molar-refractivity contribution is 6.00. The third-order valence-electron chi connectivity index (χ3n) is 1.54. The van der Waals surface area contributed by atoms with E-state index in [2.05, 4.69) is 0 Å². The van der Waals surface area contributed by atoms with E-state index in [1.54, 1.807) is 0 Å². The van der Waals surface area contributed by atoms with E-state index in [9.17, 15) is 9.59 Å². The standard InChI is InChI=1S/C7H8N2O3/c8-9-6(10)4-1-2-5(3-4)7(11)12/h2-3H,1,8H2,(H,9,10)(H,11,12). The lowest BCUT2D eigenvalue weighted by Gasteiger charge is -1.96. The monoisotopic (exact) mass is 168 g/mol. The Balaban J connectivity index is 2.73. The number of carbonyl (C=O) groups is 2. The molecule has 5 nitrogen and oxygen atoms in total. The van der Waals surface area contributed by atoms with Crippen LogP contribution in [-0.4, -0.2) is 17.0 Å². The third-order valence-corrected chi connectivity index (χ3v) is 1.54. The van der Waals surface area contributed by atoms with E-state index in [1.165, 1.54) is 12.2 Å². The number of carboxylic acid groups (broad SMARTS) is 1. The van der Waals surface area contributed by atoms with Crippen LogP contribution in [0.1, 0.15) is 6.42 Å². The number of nitrogens with two attached hydrogens (primary N) is 1. The van der Waals surface area contributed by atoms with Crippen LogP contribution in [-0.2, 0) is 9.59 Å². The average molecular weight is 168 g/mol. The molecule has 5 heteroatoms. The molecule has 0 aromatic heterocycles. The molecule has 4 N–H and O–H groups in total. The second kappa shape index (κ2) is 3.19. The zero-order chi connectivity index (χ0) is 9.14. The lowest BCUT2D eigenvalue weighted by atomic mass is 10.2.